The van der Waals surface area contributed by atoms with E-state index < -0.39 is 5.60 Å². The molecule has 1 saturated carbocycles. The third-order valence-electron chi connectivity index (χ3n) is 5.46. The number of benzene rings is 1. The molecular weight excluding hydrogens is 258 g/mol. The van der Waals surface area contributed by atoms with Crippen LogP contribution in [0.2, 0.25) is 0 Å². The van der Waals surface area contributed by atoms with Crippen LogP contribution in [0.5, 0.6) is 0 Å². The van der Waals surface area contributed by atoms with Crippen molar-refractivity contribution in [3.8, 4) is 0 Å². The van der Waals surface area contributed by atoms with Crippen LogP contribution >= 0.6 is 0 Å². The topological polar surface area (TPSA) is 32.3 Å². The lowest BCUT2D eigenvalue weighted by Gasteiger charge is -2.34. The minimum Gasteiger partial charge on any atom is -0.389 e. The van der Waals surface area contributed by atoms with Gasteiger partial charge in [0.2, 0.25) is 0 Å². The van der Waals surface area contributed by atoms with Crippen LogP contribution < -0.4 is 5.32 Å². The molecule has 1 atom stereocenters. The van der Waals surface area contributed by atoms with Gasteiger partial charge in [0.25, 0.3) is 0 Å². The number of nitrogens with one attached hydrogen (secondary N) is 1. The average molecular weight is 287 g/mol. The van der Waals surface area contributed by atoms with Crippen molar-refractivity contribution in [3.05, 3.63) is 35.4 Å². The van der Waals surface area contributed by atoms with Crippen molar-refractivity contribution >= 4 is 0 Å². The second kappa shape index (κ2) is 5.73. The summed E-state index contributed by atoms with van der Waals surface area (Å²) in [6.07, 6.45) is 7.93. The van der Waals surface area contributed by atoms with E-state index in [4.69, 9.17) is 0 Å². The van der Waals surface area contributed by atoms with Crippen LogP contribution in [-0.2, 0) is 6.42 Å². The highest BCUT2D eigenvalue weighted by molar-refractivity contribution is 5.37. The number of aliphatic hydroxyl groups is 1. The van der Waals surface area contributed by atoms with E-state index in [2.05, 4.69) is 43.4 Å². The Bertz CT molecular complexity index is 486. The maximum Gasteiger partial charge on any atom is 0.0771 e. The highest BCUT2D eigenvalue weighted by atomic mass is 16.3. The molecule has 1 aromatic rings. The number of hydrogen-bond donors (Lipinski definition) is 2. The molecule has 2 aliphatic carbocycles. The SMILES string of the molecule is CC1(C)Cc2ccccc2C1NCC1(O)CCCCCC1. The van der Waals surface area contributed by atoms with Gasteiger partial charge in [-0.15, -0.1) is 0 Å². The first-order valence-corrected chi connectivity index (χ1v) is 8.54. The molecule has 2 N–H and O–H groups in total. The summed E-state index contributed by atoms with van der Waals surface area (Å²) in [5, 5.41) is 14.6. The molecule has 116 valence electrons. The molecule has 0 spiro atoms. The standard InChI is InChI=1S/C19H29NO/c1-18(2)13-15-9-5-6-10-16(15)17(18)20-14-19(21)11-7-3-4-8-12-19/h5-6,9-10,17,20-21H,3-4,7-8,11-14H2,1-2H3. The van der Waals surface area contributed by atoms with Crippen LogP contribution in [-0.4, -0.2) is 17.3 Å². The highest BCUT2D eigenvalue weighted by Gasteiger charge is 2.40. The molecular formula is C19H29NO. The summed E-state index contributed by atoms with van der Waals surface area (Å²) >= 11 is 0. The van der Waals surface area contributed by atoms with Gasteiger partial charge in [-0.25, -0.2) is 0 Å². The minimum absolute atomic E-state index is 0.227. The summed E-state index contributed by atoms with van der Waals surface area (Å²) in [5.41, 5.74) is 2.63. The van der Waals surface area contributed by atoms with Crippen LogP contribution in [0.4, 0.5) is 0 Å². The van der Waals surface area contributed by atoms with E-state index in [-0.39, 0.29) is 5.41 Å². The molecule has 2 heteroatoms. The van der Waals surface area contributed by atoms with Gasteiger partial charge in [-0.05, 0) is 35.8 Å². The van der Waals surface area contributed by atoms with E-state index in [1.165, 1.54) is 36.8 Å². The van der Waals surface area contributed by atoms with Crippen LogP contribution in [0, 0.1) is 5.41 Å². The van der Waals surface area contributed by atoms with Crippen molar-refractivity contribution in [2.24, 2.45) is 5.41 Å². The summed E-state index contributed by atoms with van der Waals surface area (Å²) in [6, 6.07) is 9.13. The van der Waals surface area contributed by atoms with Crippen molar-refractivity contribution in [2.45, 2.75) is 70.4 Å². The molecule has 0 radical (unpaired) electrons. The maximum absolute atomic E-state index is 10.9. The molecule has 0 heterocycles. The van der Waals surface area contributed by atoms with E-state index in [0.717, 1.165) is 25.8 Å². The molecule has 1 fully saturated rings. The lowest BCUT2D eigenvalue weighted by molar-refractivity contribution is 0.0188. The molecule has 3 rings (SSSR count). The van der Waals surface area contributed by atoms with Crippen LogP contribution in [0.3, 0.4) is 0 Å². The summed E-state index contributed by atoms with van der Waals surface area (Å²) in [7, 11) is 0. The first-order chi connectivity index (χ1) is 10.0. The monoisotopic (exact) mass is 287 g/mol. The summed E-state index contributed by atoms with van der Waals surface area (Å²) in [5.74, 6) is 0. The smallest absolute Gasteiger partial charge is 0.0771 e. The van der Waals surface area contributed by atoms with E-state index >= 15 is 0 Å². The molecule has 2 nitrogen and oxygen atoms in total. The van der Waals surface area contributed by atoms with Gasteiger partial charge in [-0.3, -0.25) is 0 Å². The van der Waals surface area contributed by atoms with Gasteiger partial charge in [0.15, 0.2) is 0 Å². The number of hydrogen-bond acceptors (Lipinski definition) is 2. The number of rotatable bonds is 3. The average Bonchev–Trinajstić information content (AvgIpc) is 2.57. The second-order valence-electron chi connectivity index (χ2n) is 7.82. The maximum atomic E-state index is 10.9. The number of fused-ring (bicyclic) bond motifs is 1. The van der Waals surface area contributed by atoms with Gasteiger partial charge >= 0.3 is 0 Å². The van der Waals surface area contributed by atoms with E-state index in [1.807, 2.05) is 0 Å². The summed E-state index contributed by atoms with van der Waals surface area (Å²) in [6.45, 7) is 5.40. The van der Waals surface area contributed by atoms with E-state index in [0.29, 0.717) is 6.04 Å². The lowest BCUT2D eigenvalue weighted by atomic mass is 9.84. The molecule has 0 bridgehead atoms. The van der Waals surface area contributed by atoms with Gasteiger partial charge in [0.1, 0.15) is 0 Å². The molecule has 1 aromatic carbocycles. The Morgan fingerprint density at radius 1 is 1.10 bits per heavy atom. The lowest BCUT2D eigenvalue weighted by Crippen LogP contribution is -2.44. The Labute approximate surface area is 129 Å². The third-order valence-corrected chi connectivity index (χ3v) is 5.46. The Morgan fingerprint density at radius 2 is 1.76 bits per heavy atom. The normalized spacial score (nSPS) is 27.1. The van der Waals surface area contributed by atoms with E-state index in [9.17, 15) is 5.11 Å². The van der Waals surface area contributed by atoms with Crippen molar-refractivity contribution < 1.29 is 5.11 Å². The van der Waals surface area contributed by atoms with Gasteiger partial charge in [-0.2, -0.15) is 0 Å². The zero-order valence-corrected chi connectivity index (χ0v) is 13.5. The molecule has 0 amide bonds. The Morgan fingerprint density at radius 3 is 2.48 bits per heavy atom. The Balaban J connectivity index is 1.72. The molecule has 0 saturated heterocycles. The molecule has 2 aliphatic rings. The fraction of sp³-hybridized carbons (Fsp3) is 0.684. The van der Waals surface area contributed by atoms with E-state index in [1.54, 1.807) is 0 Å². The van der Waals surface area contributed by atoms with Gasteiger partial charge in [-0.1, -0.05) is 63.8 Å². The van der Waals surface area contributed by atoms with Crippen LogP contribution in [0.15, 0.2) is 24.3 Å². The summed E-state index contributed by atoms with van der Waals surface area (Å²) < 4.78 is 0. The predicted octanol–water partition coefficient (Wildman–Crippen LogP) is 3.98. The second-order valence-corrected chi connectivity index (χ2v) is 7.82. The fourth-order valence-electron chi connectivity index (χ4n) is 4.23. The molecule has 21 heavy (non-hydrogen) atoms. The van der Waals surface area contributed by atoms with Crippen LogP contribution in [0.25, 0.3) is 0 Å². The highest BCUT2D eigenvalue weighted by Crippen LogP contribution is 2.45. The predicted molar refractivity (Wildman–Crippen MR) is 87.3 cm³/mol. The molecule has 0 aromatic heterocycles. The minimum atomic E-state index is -0.496. The first-order valence-electron chi connectivity index (χ1n) is 8.54. The Kier molecular flexibility index (Phi) is 4.11. The first kappa shape index (κ1) is 15.1. The van der Waals surface area contributed by atoms with Crippen LogP contribution in [0.1, 0.15) is 69.5 Å². The molecule has 0 aliphatic heterocycles. The van der Waals surface area contributed by atoms with Crippen molar-refractivity contribution in [3.63, 3.8) is 0 Å². The van der Waals surface area contributed by atoms with Crippen molar-refractivity contribution in [2.75, 3.05) is 6.54 Å². The molecule has 1 unspecified atom stereocenters. The largest absolute Gasteiger partial charge is 0.389 e. The van der Waals surface area contributed by atoms with Gasteiger partial charge in [0, 0.05) is 12.6 Å². The fourth-order valence-corrected chi connectivity index (χ4v) is 4.23. The van der Waals surface area contributed by atoms with Crippen molar-refractivity contribution in [1.82, 2.24) is 5.32 Å². The zero-order chi connectivity index (χ0) is 14.9. The zero-order valence-electron chi connectivity index (χ0n) is 13.5. The van der Waals surface area contributed by atoms with Gasteiger partial charge in [0.05, 0.1) is 5.60 Å². The Hall–Kier alpha value is -0.860. The third kappa shape index (κ3) is 3.17. The quantitative estimate of drug-likeness (QED) is 0.824. The van der Waals surface area contributed by atoms with Gasteiger partial charge < -0.3 is 10.4 Å². The summed E-state index contributed by atoms with van der Waals surface area (Å²) in [4.78, 5) is 0. The van der Waals surface area contributed by atoms with Crippen molar-refractivity contribution in [1.29, 1.82) is 0 Å².